The highest BCUT2D eigenvalue weighted by molar-refractivity contribution is 9.10. The van der Waals surface area contributed by atoms with E-state index in [1.165, 1.54) is 18.7 Å². The van der Waals surface area contributed by atoms with Gasteiger partial charge in [-0.3, -0.25) is 9.59 Å². The van der Waals surface area contributed by atoms with E-state index in [9.17, 15) is 9.59 Å². The lowest BCUT2D eigenvalue weighted by Gasteiger charge is -2.06. The van der Waals surface area contributed by atoms with Crippen molar-refractivity contribution < 1.29 is 9.59 Å². The van der Waals surface area contributed by atoms with E-state index >= 15 is 0 Å². The van der Waals surface area contributed by atoms with Gasteiger partial charge in [0.05, 0.1) is 11.4 Å². The Hall–Kier alpha value is -2.51. The summed E-state index contributed by atoms with van der Waals surface area (Å²) in [7, 11) is 0. The number of benzene rings is 2. The average molecular weight is 442 g/mol. The maximum atomic E-state index is 12.1. The summed E-state index contributed by atoms with van der Waals surface area (Å²) >= 11 is 4.72. The molecule has 5 nitrogen and oxygen atoms in total. The Morgan fingerprint density at radius 1 is 0.963 bits per heavy atom. The van der Waals surface area contributed by atoms with Crippen molar-refractivity contribution in [3.05, 3.63) is 70.7 Å². The predicted molar refractivity (Wildman–Crippen MR) is 111 cm³/mol. The summed E-state index contributed by atoms with van der Waals surface area (Å²) in [6.45, 7) is 1.51. The first-order valence-electron chi connectivity index (χ1n) is 8.14. The molecule has 0 spiro atoms. The van der Waals surface area contributed by atoms with Gasteiger partial charge >= 0.3 is 0 Å². The number of ketones is 1. The van der Waals surface area contributed by atoms with Crippen LogP contribution in [0.15, 0.2) is 70.2 Å². The molecule has 0 fully saturated rings. The molecule has 0 aliphatic carbocycles. The summed E-state index contributed by atoms with van der Waals surface area (Å²) < 4.78 is 1.01. The van der Waals surface area contributed by atoms with E-state index in [0.29, 0.717) is 16.3 Å². The van der Waals surface area contributed by atoms with E-state index in [2.05, 4.69) is 31.4 Å². The number of rotatable bonds is 6. The Kier molecular flexibility index (Phi) is 6.36. The second kappa shape index (κ2) is 8.92. The van der Waals surface area contributed by atoms with Gasteiger partial charge in [-0.2, -0.15) is 0 Å². The highest BCUT2D eigenvalue weighted by Crippen LogP contribution is 2.22. The van der Waals surface area contributed by atoms with Crippen LogP contribution in [0.1, 0.15) is 17.3 Å². The lowest BCUT2D eigenvalue weighted by molar-refractivity contribution is -0.113. The van der Waals surface area contributed by atoms with Crippen LogP contribution in [0.3, 0.4) is 0 Å². The smallest absolute Gasteiger partial charge is 0.234 e. The molecule has 0 atom stereocenters. The fraction of sp³-hybridized carbons (Fsp3) is 0.100. The molecule has 0 radical (unpaired) electrons. The molecule has 1 amide bonds. The van der Waals surface area contributed by atoms with Crippen molar-refractivity contribution in [2.24, 2.45) is 0 Å². The Bertz CT molecular complexity index is 942. The molecule has 27 heavy (non-hydrogen) atoms. The van der Waals surface area contributed by atoms with Crippen molar-refractivity contribution in [3.63, 3.8) is 0 Å². The lowest BCUT2D eigenvalue weighted by atomic mass is 10.1. The number of thioether (sulfide) groups is 1. The first-order chi connectivity index (χ1) is 13.0. The van der Waals surface area contributed by atoms with Gasteiger partial charge in [-0.25, -0.2) is 0 Å². The number of Topliss-reactive ketones (excluding diaryl/α,β-unsaturated/α-hetero) is 1. The van der Waals surface area contributed by atoms with E-state index in [0.717, 1.165) is 15.7 Å². The topological polar surface area (TPSA) is 72.0 Å². The van der Waals surface area contributed by atoms with Gasteiger partial charge in [0.2, 0.25) is 5.91 Å². The summed E-state index contributed by atoms with van der Waals surface area (Å²) in [6.07, 6.45) is 0. The van der Waals surface area contributed by atoms with E-state index in [1.807, 2.05) is 36.4 Å². The van der Waals surface area contributed by atoms with Crippen LogP contribution >= 0.6 is 27.7 Å². The monoisotopic (exact) mass is 441 g/mol. The average Bonchev–Trinajstić information content (AvgIpc) is 2.68. The van der Waals surface area contributed by atoms with Gasteiger partial charge in [-0.05, 0) is 55.5 Å². The maximum absolute atomic E-state index is 12.1. The molecule has 7 heteroatoms. The van der Waals surface area contributed by atoms with Crippen LogP contribution in [0.25, 0.3) is 11.3 Å². The molecule has 0 aliphatic rings. The number of nitrogens with zero attached hydrogens (tertiary/aromatic N) is 2. The second-order valence-electron chi connectivity index (χ2n) is 5.73. The maximum Gasteiger partial charge on any atom is 0.234 e. The van der Waals surface area contributed by atoms with Gasteiger partial charge in [0.1, 0.15) is 5.03 Å². The predicted octanol–water partition coefficient (Wildman–Crippen LogP) is 4.84. The number of carbonyl (C=O) groups excluding carboxylic acids is 2. The fourth-order valence-electron chi connectivity index (χ4n) is 2.30. The van der Waals surface area contributed by atoms with E-state index in [4.69, 9.17) is 0 Å². The van der Waals surface area contributed by atoms with Gasteiger partial charge < -0.3 is 5.32 Å². The van der Waals surface area contributed by atoms with Crippen molar-refractivity contribution in [1.29, 1.82) is 0 Å². The van der Waals surface area contributed by atoms with Crippen LogP contribution in [0, 0.1) is 0 Å². The third-order valence-electron chi connectivity index (χ3n) is 3.71. The number of hydrogen-bond donors (Lipinski definition) is 1. The molecule has 1 heterocycles. The Balaban J connectivity index is 1.54. The van der Waals surface area contributed by atoms with Crippen molar-refractivity contribution in [2.45, 2.75) is 11.9 Å². The third kappa shape index (κ3) is 5.48. The quantitative estimate of drug-likeness (QED) is 0.437. The van der Waals surface area contributed by atoms with Gasteiger partial charge in [-0.1, -0.05) is 39.8 Å². The Morgan fingerprint density at radius 2 is 1.67 bits per heavy atom. The molecular weight excluding hydrogens is 426 g/mol. The molecule has 3 rings (SSSR count). The Labute approximate surface area is 169 Å². The minimum Gasteiger partial charge on any atom is -0.325 e. The number of aromatic nitrogens is 2. The molecule has 0 unspecified atom stereocenters. The fourth-order valence-corrected chi connectivity index (χ4v) is 3.17. The molecule has 0 bridgehead atoms. The molecule has 0 saturated carbocycles. The largest absolute Gasteiger partial charge is 0.325 e. The number of nitrogens with one attached hydrogen (secondary N) is 1. The zero-order valence-corrected chi connectivity index (χ0v) is 16.9. The zero-order valence-electron chi connectivity index (χ0n) is 14.5. The van der Waals surface area contributed by atoms with Crippen LogP contribution in [-0.4, -0.2) is 27.6 Å². The minimum absolute atomic E-state index is 0.00593. The van der Waals surface area contributed by atoms with Gasteiger partial charge in [0.15, 0.2) is 5.78 Å². The summed E-state index contributed by atoms with van der Waals surface area (Å²) in [5, 5.41) is 11.9. The molecule has 1 aromatic heterocycles. The van der Waals surface area contributed by atoms with Gasteiger partial charge in [0, 0.05) is 21.3 Å². The van der Waals surface area contributed by atoms with Gasteiger partial charge in [0.25, 0.3) is 0 Å². The van der Waals surface area contributed by atoms with Crippen molar-refractivity contribution in [3.8, 4) is 11.3 Å². The van der Waals surface area contributed by atoms with Crippen molar-refractivity contribution in [2.75, 3.05) is 11.1 Å². The van der Waals surface area contributed by atoms with E-state index in [-0.39, 0.29) is 17.4 Å². The van der Waals surface area contributed by atoms with E-state index < -0.39 is 0 Å². The molecular formula is C20H16BrN3O2S. The summed E-state index contributed by atoms with van der Waals surface area (Å²) in [4.78, 5) is 23.3. The van der Waals surface area contributed by atoms with Crippen molar-refractivity contribution in [1.82, 2.24) is 10.2 Å². The van der Waals surface area contributed by atoms with E-state index in [1.54, 1.807) is 24.3 Å². The molecule has 136 valence electrons. The molecule has 2 aromatic carbocycles. The molecule has 1 N–H and O–H groups in total. The highest BCUT2D eigenvalue weighted by Gasteiger charge is 2.07. The molecule has 3 aromatic rings. The first kappa shape index (κ1) is 19.3. The van der Waals surface area contributed by atoms with Crippen LogP contribution in [0.4, 0.5) is 5.69 Å². The summed E-state index contributed by atoms with van der Waals surface area (Å²) in [6, 6.07) is 18.4. The standard InChI is InChI=1S/C20H16BrN3O2S/c1-13(25)14-4-8-17(9-5-14)22-19(26)12-27-20-11-10-18(23-24-20)15-2-6-16(21)7-3-15/h2-11H,12H2,1H3,(H,22,26). The number of anilines is 1. The van der Waals surface area contributed by atoms with Crippen LogP contribution in [0.2, 0.25) is 0 Å². The van der Waals surface area contributed by atoms with Crippen molar-refractivity contribution >= 4 is 45.1 Å². The van der Waals surface area contributed by atoms with Gasteiger partial charge in [-0.15, -0.1) is 10.2 Å². The number of carbonyl (C=O) groups is 2. The van der Waals surface area contributed by atoms with Crippen LogP contribution in [0.5, 0.6) is 0 Å². The Morgan fingerprint density at radius 3 is 2.26 bits per heavy atom. The SMILES string of the molecule is CC(=O)c1ccc(NC(=O)CSc2ccc(-c3ccc(Br)cc3)nn2)cc1. The summed E-state index contributed by atoms with van der Waals surface area (Å²) in [5.41, 5.74) is 3.03. The molecule has 0 aliphatic heterocycles. The number of halogens is 1. The zero-order chi connectivity index (χ0) is 19.2. The highest BCUT2D eigenvalue weighted by atomic mass is 79.9. The van der Waals surface area contributed by atoms with Crippen LogP contribution < -0.4 is 5.32 Å². The number of amides is 1. The lowest BCUT2D eigenvalue weighted by Crippen LogP contribution is -2.14. The number of hydrogen-bond acceptors (Lipinski definition) is 5. The first-order valence-corrected chi connectivity index (χ1v) is 9.92. The van der Waals surface area contributed by atoms with Crippen LogP contribution in [-0.2, 0) is 4.79 Å². The minimum atomic E-state index is -0.144. The summed E-state index contributed by atoms with van der Waals surface area (Å²) in [5.74, 6) is 0.0729. The second-order valence-corrected chi connectivity index (χ2v) is 7.65. The third-order valence-corrected chi connectivity index (χ3v) is 5.16. The normalized spacial score (nSPS) is 10.4. The molecule has 0 saturated heterocycles.